The van der Waals surface area contributed by atoms with Gasteiger partial charge in [-0.2, -0.15) is 0 Å². The minimum absolute atomic E-state index is 0.264. The lowest BCUT2D eigenvalue weighted by molar-refractivity contribution is 0.546. The minimum Gasteiger partial charge on any atom is -0.217 e. The highest BCUT2D eigenvalue weighted by molar-refractivity contribution is 9.47. The Morgan fingerprint density at radius 2 is 1.82 bits per heavy atom. The van der Waals surface area contributed by atoms with E-state index in [1.54, 1.807) is 0 Å². The molecule has 0 aliphatic heterocycles. The fourth-order valence-electron chi connectivity index (χ4n) is 0.827. The van der Waals surface area contributed by atoms with Gasteiger partial charge in [-0.15, -0.1) is 0 Å². The van der Waals surface area contributed by atoms with E-state index in [2.05, 4.69) is 28.7 Å². The van der Waals surface area contributed by atoms with Crippen molar-refractivity contribution in [2.75, 3.05) is 5.75 Å². The molecule has 11 heavy (non-hydrogen) atoms. The first kappa shape index (κ1) is 11.4. The van der Waals surface area contributed by atoms with Crippen molar-refractivity contribution in [3.63, 3.8) is 0 Å². The molecule has 0 aliphatic rings. The van der Waals surface area contributed by atoms with Crippen molar-refractivity contribution in [2.24, 2.45) is 5.92 Å². The highest BCUT2D eigenvalue weighted by Crippen LogP contribution is 2.09. The standard InChI is InChI=1S/C7H15BrO2S/c1-7(2)5-3-4-6-11(8,9)10/h7H,3-6H2,1-2H3. The molecule has 0 saturated heterocycles. The summed E-state index contributed by atoms with van der Waals surface area (Å²) < 4.78 is 21.2. The van der Waals surface area contributed by atoms with E-state index in [0.29, 0.717) is 5.92 Å². The molecule has 0 atom stereocenters. The van der Waals surface area contributed by atoms with Crippen molar-refractivity contribution in [1.29, 1.82) is 0 Å². The average molecular weight is 243 g/mol. The Hall–Kier alpha value is 0.430. The molecule has 0 aliphatic carbocycles. The molecule has 0 rings (SSSR count). The van der Waals surface area contributed by atoms with E-state index in [4.69, 9.17) is 0 Å². The summed E-state index contributed by atoms with van der Waals surface area (Å²) in [7, 11) is -2.91. The van der Waals surface area contributed by atoms with Crippen LogP contribution in [0.2, 0.25) is 0 Å². The van der Waals surface area contributed by atoms with Gasteiger partial charge in [-0.3, -0.25) is 0 Å². The Morgan fingerprint density at radius 1 is 1.27 bits per heavy atom. The molecule has 0 fully saturated rings. The van der Waals surface area contributed by atoms with E-state index in [1.807, 2.05) is 0 Å². The summed E-state index contributed by atoms with van der Waals surface area (Å²) in [5.41, 5.74) is 0. The van der Waals surface area contributed by atoms with Crippen molar-refractivity contribution in [3.8, 4) is 0 Å². The maximum absolute atomic E-state index is 10.6. The molecule has 0 saturated carbocycles. The number of halogens is 1. The van der Waals surface area contributed by atoms with Gasteiger partial charge in [0.1, 0.15) is 0 Å². The Bertz CT molecular complexity index is 185. The van der Waals surface area contributed by atoms with Crippen molar-refractivity contribution in [1.82, 2.24) is 0 Å². The molecule has 0 spiro atoms. The molecule has 0 aromatic carbocycles. The maximum atomic E-state index is 10.6. The van der Waals surface area contributed by atoms with E-state index < -0.39 is 8.27 Å². The predicted octanol–water partition coefficient (Wildman–Crippen LogP) is 2.54. The van der Waals surface area contributed by atoms with Crippen molar-refractivity contribution >= 4 is 23.1 Å². The van der Waals surface area contributed by atoms with Gasteiger partial charge in [-0.1, -0.05) is 26.7 Å². The van der Waals surface area contributed by atoms with E-state index >= 15 is 0 Å². The normalized spacial score (nSPS) is 12.4. The first-order chi connectivity index (χ1) is 4.92. The summed E-state index contributed by atoms with van der Waals surface area (Å²) in [6.07, 6.45) is 2.89. The number of hydrogen-bond acceptors (Lipinski definition) is 2. The zero-order valence-corrected chi connectivity index (χ0v) is 9.41. The van der Waals surface area contributed by atoms with Gasteiger partial charge in [0, 0.05) is 0 Å². The Kier molecular flexibility index (Phi) is 5.34. The van der Waals surface area contributed by atoms with Crippen LogP contribution >= 0.6 is 14.8 Å². The van der Waals surface area contributed by atoms with Gasteiger partial charge in [-0.25, -0.2) is 8.42 Å². The lowest BCUT2D eigenvalue weighted by Crippen LogP contribution is -1.97. The summed E-state index contributed by atoms with van der Waals surface area (Å²) in [5, 5.41) is 0. The van der Waals surface area contributed by atoms with E-state index in [9.17, 15) is 8.42 Å². The van der Waals surface area contributed by atoms with Crippen LogP contribution in [0.3, 0.4) is 0 Å². The summed E-state index contributed by atoms with van der Waals surface area (Å²) in [5.74, 6) is 0.938. The molecular formula is C7H15BrO2S. The number of rotatable bonds is 5. The molecule has 0 N–H and O–H groups in total. The van der Waals surface area contributed by atoms with Gasteiger partial charge < -0.3 is 0 Å². The van der Waals surface area contributed by atoms with Gasteiger partial charge in [0.2, 0.25) is 8.27 Å². The molecule has 4 heteroatoms. The van der Waals surface area contributed by atoms with Crippen molar-refractivity contribution < 1.29 is 8.42 Å². The summed E-state index contributed by atoms with van der Waals surface area (Å²) >= 11 is 2.62. The molecule has 2 nitrogen and oxygen atoms in total. The molecule has 0 amide bonds. The van der Waals surface area contributed by atoms with Gasteiger partial charge in [0.15, 0.2) is 0 Å². The second kappa shape index (κ2) is 5.14. The first-order valence-electron chi connectivity index (χ1n) is 3.84. The number of unbranched alkanes of at least 4 members (excludes halogenated alkanes) is 1. The zero-order valence-electron chi connectivity index (χ0n) is 7.01. The molecule has 0 unspecified atom stereocenters. The first-order valence-corrected chi connectivity index (χ1v) is 7.33. The van der Waals surface area contributed by atoms with Gasteiger partial charge in [0.05, 0.1) is 20.6 Å². The highest BCUT2D eigenvalue weighted by Gasteiger charge is 2.03. The van der Waals surface area contributed by atoms with Crippen LogP contribution in [0.25, 0.3) is 0 Å². The second-order valence-corrected chi connectivity index (χ2v) is 7.58. The topological polar surface area (TPSA) is 34.1 Å². The number of hydrogen-bond donors (Lipinski definition) is 0. The highest BCUT2D eigenvalue weighted by atomic mass is 79.9. The van der Waals surface area contributed by atoms with Crippen LogP contribution < -0.4 is 0 Å². The van der Waals surface area contributed by atoms with Crippen LogP contribution in [-0.4, -0.2) is 14.2 Å². The van der Waals surface area contributed by atoms with Crippen LogP contribution in [0.1, 0.15) is 33.1 Å². The molecule has 68 valence electrons. The monoisotopic (exact) mass is 242 g/mol. The van der Waals surface area contributed by atoms with E-state index in [-0.39, 0.29) is 5.75 Å². The quantitative estimate of drug-likeness (QED) is 0.549. The van der Waals surface area contributed by atoms with Gasteiger partial charge in [0.25, 0.3) is 0 Å². The van der Waals surface area contributed by atoms with E-state index in [1.165, 1.54) is 0 Å². The SMILES string of the molecule is CC(C)CCCCS(=O)(=O)Br. The third-order valence-electron chi connectivity index (χ3n) is 1.42. The molecule has 0 bridgehead atoms. The summed E-state index contributed by atoms with van der Waals surface area (Å²) in [6.45, 7) is 4.28. The molecule has 0 heterocycles. The Balaban J connectivity index is 3.30. The zero-order chi connectivity index (χ0) is 8.91. The van der Waals surface area contributed by atoms with E-state index in [0.717, 1.165) is 19.3 Å². The third-order valence-corrected chi connectivity index (χ3v) is 3.17. The van der Waals surface area contributed by atoms with Crippen LogP contribution in [0.15, 0.2) is 0 Å². The third kappa shape index (κ3) is 10.4. The minimum atomic E-state index is -2.91. The lowest BCUT2D eigenvalue weighted by Gasteiger charge is -2.01. The fourth-order valence-corrected chi connectivity index (χ4v) is 2.06. The van der Waals surface area contributed by atoms with Gasteiger partial charge >= 0.3 is 0 Å². The molecule has 0 aromatic rings. The summed E-state index contributed by atoms with van der Waals surface area (Å²) in [6, 6.07) is 0. The maximum Gasteiger partial charge on any atom is 0.209 e. The van der Waals surface area contributed by atoms with Crippen LogP contribution in [0.5, 0.6) is 0 Å². The van der Waals surface area contributed by atoms with Crippen LogP contribution in [0, 0.1) is 5.92 Å². The Labute approximate surface area is 76.5 Å². The fraction of sp³-hybridized carbons (Fsp3) is 1.00. The molecule has 0 aromatic heterocycles. The molecule has 0 radical (unpaired) electrons. The molecular weight excluding hydrogens is 228 g/mol. The lowest BCUT2D eigenvalue weighted by atomic mass is 10.1. The Morgan fingerprint density at radius 3 is 2.18 bits per heavy atom. The van der Waals surface area contributed by atoms with Gasteiger partial charge in [-0.05, 0) is 12.3 Å². The smallest absolute Gasteiger partial charge is 0.209 e. The van der Waals surface area contributed by atoms with Crippen molar-refractivity contribution in [2.45, 2.75) is 33.1 Å². The van der Waals surface area contributed by atoms with Crippen LogP contribution in [0.4, 0.5) is 0 Å². The average Bonchev–Trinajstić information content (AvgIpc) is 1.78. The largest absolute Gasteiger partial charge is 0.217 e. The van der Waals surface area contributed by atoms with Crippen LogP contribution in [-0.2, 0) is 8.27 Å². The predicted molar refractivity (Wildman–Crippen MR) is 51.4 cm³/mol. The van der Waals surface area contributed by atoms with Crippen molar-refractivity contribution in [3.05, 3.63) is 0 Å². The second-order valence-electron chi connectivity index (χ2n) is 3.13. The summed E-state index contributed by atoms with van der Waals surface area (Å²) in [4.78, 5) is 0.